The first-order chi connectivity index (χ1) is 9.49. The number of halogens is 1. The number of rotatable bonds is 3. The summed E-state index contributed by atoms with van der Waals surface area (Å²) in [6.07, 6.45) is 1.17. The van der Waals surface area contributed by atoms with Crippen LogP contribution in [-0.2, 0) is 0 Å². The van der Waals surface area contributed by atoms with Crippen molar-refractivity contribution in [3.05, 3.63) is 58.3 Å². The second kappa shape index (κ2) is 5.83. The number of nitrogens with zero attached hydrogens (tertiary/aromatic N) is 2. The predicted octanol–water partition coefficient (Wildman–Crippen LogP) is 2.82. The van der Waals surface area contributed by atoms with Crippen molar-refractivity contribution < 1.29 is 14.7 Å². The number of amides is 1. The Balaban J connectivity index is 2.24. The van der Waals surface area contributed by atoms with Crippen LogP contribution in [0.2, 0.25) is 0 Å². The van der Waals surface area contributed by atoms with Crippen molar-refractivity contribution in [1.82, 2.24) is 4.98 Å². The molecule has 0 atom stereocenters. The summed E-state index contributed by atoms with van der Waals surface area (Å²) in [4.78, 5) is 28.3. The van der Waals surface area contributed by atoms with Crippen molar-refractivity contribution >= 4 is 33.5 Å². The number of aromatic carboxylic acids is 1. The first kappa shape index (κ1) is 14.2. The molecule has 1 heterocycles. The molecule has 0 fully saturated rings. The Labute approximate surface area is 124 Å². The Hall–Kier alpha value is -2.21. The standard InChI is InChI=1S/C14H11BrN2O3/c1-17(11-4-2-3-10(15)7-11)13(18)12-6-5-9(8-16-12)14(19)20/h2-8H,1H3,(H,19,20). The zero-order valence-electron chi connectivity index (χ0n) is 10.6. The van der Waals surface area contributed by atoms with E-state index in [1.165, 1.54) is 23.2 Å². The maximum Gasteiger partial charge on any atom is 0.337 e. The summed E-state index contributed by atoms with van der Waals surface area (Å²) in [6.45, 7) is 0. The minimum Gasteiger partial charge on any atom is -0.478 e. The maximum absolute atomic E-state index is 12.2. The van der Waals surface area contributed by atoms with E-state index in [-0.39, 0.29) is 17.2 Å². The molecule has 5 nitrogen and oxygen atoms in total. The van der Waals surface area contributed by atoms with Crippen molar-refractivity contribution in [3.8, 4) is 0 Å². The third-order valence-electron chi connectivity index (χ3n) is 2.73. The summed E-state index contributed by atoms with van der Waals surface area (Å²) in [7, 11) is 1.64. The number of aromatic nitrogens is 1. The van der Waals surface area contributed by atoms with Gasteiger partial charge in [-0.05, 0) is 30.3 Å². The molecule has 0 unspecified atom stereocenters. The normalized spacial score (nSPS) is 10.1. The molecular formula is C14H11BrN2O3. The van der Waals surface area contributed by atoms with Gasteiger partial charge in [0.05, 0.1) is 5.56 Å². The Morgan fingerprint density at radius 3 is 2.55 bits per heavy atom. The largest absolute Gasteiger partial charge is 0.478 e. The summed E-state index contributed by atoms with van der Waals surface area (Å²) in [5.41, 5.74) is 0.956. The summed E-state index contributed by atoms with van der Waals surface area (Å²) in [5, 5.41) is 8.79. The number of carbonyl (C=O) groups excluding carboxylic acids is 1. The van der Waals surface area contributed by atoms with Gasteiger partial charge in [-0.2, -0.15) is 0 Å². The molecule has 1 aromatic heterocycles. The minimum absolute atomic E-state index is 0.0478. The molecule has 102 valence electrons. The van der Waals surface area contributed by atoms with Gasteiger partial charge in [0.25, 0.3) is 5.91 Å². The van der Waals surface area contributed by atoms with Crippen LogP contribution in [0, 0.1) is 0 Å². The number of carboxylic acid groups (broad SMARTS) is 1. The van der Waals surface area contributed by atoms with Crippen LogP contribution in [0.25, 0.3) is 0 Å². The quantitative estimate of drug-likeness (QED) is 0.936. The summed E-state index contributed by atoms with van der Waals surface area (Å²) >= 11 is 3.34. The van der Waals surface area contributed by atoms with Crippen molar-refractivity contribution in [3.63, 3.8) is 0 Å². The first-order valence-electron chi connectivity index (χ1n) is 5.72. The Morgan fingerprint density at radius 1 is 1.25 bits per heavy atom. The van der Waals surface area contributed by atoms with Crippen molar-refractivity contribution in [2.24, 2.45) is 0 Å². The number of pyridine rings is 1. The van der Waals surface area contributed by atoms with E-state index >= 15 is 0 Å². The number of hydrogen-bond donors (Lipinski definition) is 1. The van der Waals surface area contributed by atoms with Crippen LogP contribution in [0.5, 0.6) is 0 Å². The predicted molar refractivity (Wildman–Crippen MR) is 78.1 cm³/mol. The van der Waals surface area contributed by atoms with Crippen LogP contribution in [0.15, 0.2) is 47.1 Å². The zero-order chi connectivity index (χ0) is 14.7. The molecule has 1 amide bonds. The molecule has 1 N–H and O–H groups in total. The van der Waals surface area contributed by atoms with Gasteiger partial charge in [0.1, 0.15) is 5.69 Å². The van der Waals surface area contributed by atoms with E-state index in [1.54, 1.807) is 13.1 Å². The van der Waals surface area contributed by atoms with Gasteiger partial charge >= 0.3 is 5.97 Å². The van der Waals surface area contributed by atoms with E-state index in [0.29, 0.717) is 5.69 Å². The molecule has 0 radical (unpaired) electrons. The minimum atomic E-state index is -1.07. The van der Waals surface area contributed by atoms with Gasteiger partial charge in [0.15, 0.2) is 0 Å². The second-order valence-electron chi connectivity index (χ2n) is 4.08. The van der Waals surface area contributed by atoms with Crippen molar-refractivity contribution in [2.75, 3.05) is 11.9 Å². The Kier molecular flexibility index (Phi) is 4.14. The molecule has 0 spiro atoms. The fourth-order valence-electron chi connectivity index (χ4n) is 1.62. The van der Waals surface area contributed by atoms with Gasteiger partial charge < -0.3 is 10.0 Å². The smallest absolute Gasteiger partial charge is 0.337 e. The van der Waals surface area contributed by atoms with Crippen molar-refractivity contribution in [2.45, 2.75) is 0 Å². The number of carboxylic acids is 1. The van der Waals surface area contributed by atoms with Crippen LogP contribution in [0.3, 0.4) is 0 Å². The van der Waals surface area contributed by atoms with Crippen LogP contribution >= 0.6 is 15.9 Å². The molecule has 2 rings (SSSR count). The molecule has 2 aromatic rings. The SMILES string of the molecule is CN(C(=O)c1ccc(C(=O)O)cn1)c1cccc(Br)c1. The number of carbonyl (C=O) groups is 2. The monoisotopic (exact) mass is 334 g/mol. The summed E-state index contributed by atoms with van der Waals surface area (Å²) < 4.78 is 0.865. The van der Waals surface area contributed by atoms with Crippen LogP contribution in [-0.4, -0.2) is 29.0 Å². The summed E-state index contributed by atoms with van der Waals surface area (Å²) in [6, 6.07) is 10.1. The number of anilines is 1. The van der Waals surface area contributed by atoms with E-state index in [4.69, 9.17) is 5.11 Å². The molecule has 0 aliphatic heterocycles. The molecular weight excluding hydrogens is 324 g/mol. The van der Waals surface area contributed by atoms with E-state index in [9.17, 15) is 9.59 Å². The third-order valence-corrected chi connectivity index (χ3v) is 3.22. The van der Waals surface area contributed by atoms with E-state index in [0.717, 1.165) is 4.47 Å². The highest BCUT2D eigenvalue weighted by atomic mass is 79.9. The first-order valence-corrected chi connectivity index (χ1v) is 6.51. The molecule has 1 aromatic carbocycles. The lowest BCUT2D eigenvalue weighted by Gasteiger charge is -2.17. The number of benzene rings is 1. The number of hydrogen-bond acceptors (Lipinski definition) is 3. The second-order valence-corrected chi connectivity index (χ2v) is 5.00. The van der Waals surface area contributed by atoms with Crippen molar-refractivity contribution in [1.29, 1.82) is 0 Å². The summed E-state index contributed by atoms with van der Waals surface area (Å²) in [5.74, 6) is -1.38. The lowest BCUT2D eigenvalue weighted by atomic mass is 10.2. The fourth-order valence-corrected chi connectivity index (χ4v) is 2.01. The van der Waals surface area contributed by atoms with Gasteiger partial charge in [0, 0.05) is 23.4 Å². The third kappa shape index (κ3) is 3.03. The van der Waals surface area contributed by atoms with E-state index in [1.807, 2.05) is 18.2 Å². The van der Waals surface area contributed by atoms with Gasteiger partial charge in [-0.25, -0.2) is 4.79 Å². The highest BCUT2D eigenvalue weighted by molar-refractivity contribution is 9.10. The molecule has 0 saturated carbocycles. The van der Waals surface area contributed by atoms with E-state index in [2.05, 4.69) is 20.9 Å². The van der Waals surface area contributed by atoms with E-state index < -0.39 is 5.97 Å². The molecule has 0 saturated heterocycles. The lowest BCUT2D eigenvalue weighted by Crippen LogP contribution is -2.27. The highest BCUT2D eigenvalue weighted by Crippen LogP contribution is 2.20. The Bertz CT molecular complexity index is 656. The average Bonchev–Trinajstić information content (AvgIpc) is 2.46. The lowest BCUT2D eigenvalue weighted by molar-refractivity contribution is 0.0695. The van der Waals surface area contributed by atoms with Gasteiger partial charge in [-0.1, -0.05) is 22.0 Å². The molecule has 6 heteroatoms. The molecule has 0 bridgehead atoms. The molecule has 0 aliphatic rings. The van der Waals surface area contributed by atoms with Gasteiger partial charge in [-0.3, -0.25) is 9.78 Å². The van der Waals surface area contributed by atoms with Crippen LogP contribution < -0.4 is 4.90 Å². The topological polar surface area (TPSA) is 70.5 Å². The Morgan fingerprint density at radius 2 is 2.00 bits per heavy atom. The van der Waals surface area contributed by atoms with Gasteiger partial charge in [0.2, 0.25) is 0 Å². The molecule has 0 aliphatic carbocycles. The van der Waals surface area contributed by atoms with Crippen LogP contribution in [0.1, 0.15) is 20.8 Å². The highest BCUT2D eigenvalue weighted by Gasteiger charge is 2.15. The average molecular weight is 335 g/mol. The maximum atomic E-state index is 12.2. The fraction of sp³-hybridized carbons (Fsp3) is 0.0714. The molecule has 20 heavy (non-hydrogen) atoms. The van der Waals surface area contributed by atoms with Gasteiger partial charge in [-0.15, -0.1) is 0 Å². The van der Waals surface area contributed by atoms with Crippen LogP contribution in [0.4, 0.5) is 5.69 Å². The zero-order valence-corrected chi connectivity index (χ0v) is 12.2.